The summed E-state index contributed by atoms with van der Waals surface area (Å²) in [7, 11) is -1.14. The van der Waals surface area contributed by atoms with Crippen molar-refractivity contribution in [2.24, 2.45) is 7.05 Å². The highest BCUT2D eigenvalue weighted by Gasteiger charge is 2.24. The van der Waals surface area contributed by atoms with Gasteiger partial charge in [-0.2, -0.15) is 4.31 Å². The Morgan fingerprint density at radius 2 is 1.92 bits per heavy atom. The van der Waals surface area contributed by atoms with Crippen LogP contribution in [0, 0.1) is 0 Å². The molecule has 0 atom stereocenters. The van der Waals surface area contributed by atoms with Crippen LogP contribution in [0.25, 0.3) is 11.0 Å². The Bertz CT molecular complexity index is 914. The minimum absolute atomic E-state index is 0.0238. The molecule has 8 nitrogen and oxygen atoms in total. The first-order valence-corrected chi connectivity index (χ1v) is 10.6. The number of carbonyl (C=O) groups excluding carboxylic acids is 1. The van der Waals surface area contributed by atoms with Crippen LogP contribution in [0.1, 0.15) is 19.2 Å². The number of amides is 1. The molecule has 26 heavy (non-hydrogen) atoms. The summed E-state index contributed by atoms with van der Waals surface area (Å²) in [6.45, 7) is 4.88. The Morgan fingerprint density at radius 3 is 2.54 bits per heavy atom. The molecular weight excluding hydrogens is 354 g/mol. The van der Waals surface area contributed by atoms with Crippen LogP contribution in [-0.4, -0.2) is 65.5 Å². The Balaban J connectivity index is 1.72. The van der Waals surface area contributed by atoms with E-state index in [4.69, 9.17) is 4.98 Å². The van der Waals surface area contributed by atoms with E-state index in [0.29, 0.717) is 39.1 Å². The summed E-state index contributed by atoms with van der Waals surface area (Å²) in [5.41, 5.74) is 2.59. The number of nitrogens with one attached hydrogen (secondary N) is 1. The quantitative estimate of drug-likeness (QED) is 0.837. The second-order valence-electron chi connectivity index (χ2n) is 6.63. The lowest BCUT2D eigenvalue weighted by atomic mass is 10.2. The van der Waals surface area contributed by atoms with Gasteiger partial charge in [-0.15, -0.1) is 0 Å². The Kier molecular flexibility index (Phi) is 5.31. The van der Waals surface area contributed by atoms with Crippen LogP contribution in [0.2, 0.25) is 0 Å². The van der Waals surface area contributed by atoms with Crippen molar-refractivity contribution in [2.45, 2.75) is 19.9 Å². The number of piperazine rings is 1. The maximum atomic E-state index is 11.6. The van der Waals surface area contributed by atoms with Gasteiger partial charge in [0, 0.05) is 45.3 Å². The van der Waals surface area contributed by atoms with Crippen LogP contribution in [0.4, 0.5) is 5.69 Å². The van der Waals surface area contributed by atoms with Crippen LogP contribution < -0.4 is 5.32 Å². The van der Waals surface area contributed by atoms with Crippen LogP contribution in [0.5, 0.6) is 0 Å². The van der Waals surface area contributed by atoms with Gasteiger partial charge < -0.3 is 9.88 Å². The number of rotatable bonds is 5. The fourth-order valence-corrected chi connectivity index (χ4v) is 3.96. The zero-order chi connectivity index (χ0) is 18.9. The molecule has 1 aliphatic rings. The van der Waals surface area contributed by atoms with Gasteiger partial charge in [0.15, 0.2) is 0 Å². The molecule has 1 amide bonds. The Morgan fingerprint density at radius 1 is 1.23 bits per heavy atom. The summed E-state index contributed by atoms with van der Waals surface area (Å²) >= 11 is 0. The highest BCUT2D eigenvalue weighted by atomic mass is 32.2. The first kappa shape index (κ1) is 18.8. The molecule has 1 aliphatic heterocycles. The summed E-state index contributed by atoms with van der Waals surface area (Å²) in [5.74, 6) is 0.899. The number of anilines is 1. The summed E-state index contributed by atoms with van der Waals surface area (Å²) in [4.78, 5) is 18.5. The van der Waals surface area contributed by atoms with Crippen molar-refractivity contribution >= 4 is 32.7 Å². The van der Waals surface area contributed by atoms with E-state index in [9.17, 15) is 13.2 Å². The second kappa shape index (κ2) is 7.34. The molecule has 0 aliphatic carbocycles. The fourth-order valence-electron chi connectivity index (χ4n) is 3.14. The van der Waals surface area contributed by atoms with Crippen molar-refractivity contribution in [1.82, 2.24) is 18.8 Å². The van der Waals surface area contributed by atoms with E-state index in [1.54, 1.807) is 0 Å². The largest absolute Gasteiger partial charge is 0.330 e. The van der Waals surface area contributed by atoms with Crippen molar-refractivity contribution in [3.63, 3.8) is 0 Å². The van der Waals surface area contributed by atoms with E-state index in [0.717, 1.165) is 22.5 Å². The molecule has 1 aromatic heterocycles. The van der Waals surface area contributed by atoms with E-state index in [1.807, 2.05) is 36.7 Å². The lowest BCUT2D eigenvalue weighted by molar-refractivity contribution is -0.115. The minimum atomic E-state index is -3.12. The molecule has 1 N–H and O–H groups in total. The number of aromatic nitrogens is 2. The zero-order valence-electron chi connectivity index (χ0n) is 15.4. The van der Waals surface area contributed by atoms with Crippen LogP contribution >= 0.6 is 0 Å². The van der Waals surface area contributed by atoms with Crippen molar-refractivity contribution in [3.8, 4) is 0 Å². The average molecular weight is 379 g/mol. The highest BCUT2D eigenvalue weighted by molar-refractivity contribution is 7.88. The summed E-state index contributed by atoms with van der Waals surface area (Å²) < 4.78 is 26.8. The number of imidazole rings is 1. The van der Waals surface area contributed by atoms with Gasteiger partial charge in [-0.1, -0.05) is 6.92 Å². The lowest BCUT2D eigenvalue weighted by Gasteiger charge is -2.32. The van der Waals surface area contributed by atoms with Gasteiger partial charge in [-0.3, -0.25) is 9.69 Å². The summed E-state index contributed by atoms with van der Waals surface area (Å²) in [6, 6.07) is 5.72. The van der Waals surface area contributed by atoms with Crippen LogP contribution in [0.15, 0.2) is 18.2 Å². The molecule has 0 unspecified atom stereocenters. The van der Waals surface area contributed by atoms with Gasteiger partial charge in [-0.25, -0.2) is 13.4 Å². The van der Waals surface area contributed by atoms with Crippen LogP contribution in [-0.2, 0) is 28.4 Å². The number of sulfonamides is 1. The third-order valence-electron chi connectivity index (χ3n) is 4.74. The number of carbonyl (C=O) groups is 1. The topological polar surface area (TPSA) is 87.5 Å². The lowest BCUT2D eigenvalue weighted by Crippen LogP contribution is -2.48. The molecule has 2 heterocycles. The Labute approximate surface area is 153 Å². The maximum Gasteiger partial charge on any atom is 0.224 e. The van der Waals surface area contributed by atoms with Gasteiger partial charge in [-0.05, 0) is 18.2 Å². The summed E-state index contributed by atoms with van der Waals surface area (Å²) in [6.07, 6.45) is 1.69. The average Bonchev–Trinajstić information content (AvgIpc) is 2.90. The van der Waals surface area contributed by atoms with Gasteiger partial charge >= 0.3 is 0 Å². The molecule has 3 rings (SSSR count). The smallest absolute Gasteiger partial charge is 0.224 e. The van der Waals surface area contributed by atoms with Crippen molar-refractivity contribution < 1.29 is 13.2 Å². The van der Waals surface area contributed by atoms with Crippen molar-refractivity contribution in [3.05, 3.63) is 24.0 Å². The zero-order valence-corrected chi connectivity index (χ0v) is 16.2. The number of benzene rings is 1. The number of nitrogens with zero attached hydrogens (tertiary/aromatic N) is 4. The van der Waals surface area contributed by atoms with E-state index >= 15 is 0 Å². The molecule has 1 saturated heterocycles. The molecule has 1 aromatic carbocycles. The van der Waals surface area contributed by atoms with Gasteiger partial charge in [0.2, 0.25) is 15.9 Å². The highest BCUT2D eigenvalue weighted by Crippen LogP contribution is 2.21. The third kappa shape index (κ3) is 4.05. The van der Waals surface area contributed by atoms with Gasteiger partial charge in [0.05, 0.1) is 23.8 Å². The third-order valence-corrected chi connectivity index (χ3v) is 6.05. The first-order valence-electron chi connectivity index (χ1n) is 8.70. The van der Waals surface area contributed by atoms with E-state index in [-0.39, 0.29) is 5.91 Å². The SMILES string of the molecule is CCC(=O)Nc1ccc2c(c1)nc(CN1CCN(S(C)(=O)=O)CC1)n2C. The first-order chi connectivity index (χ1) is 12.3. The molecule has 0 bridgehead atoms. The number of hydrogen-bond donors (Lipinski definition) is 1. The molecule has 0 radical (unpaired) electrons. The standard InChI is InChI=1S/C17H25N5O3S/c1-4-17(23)18-13-5-6-15-14(11-13)19-16(20(15)2)12-21-7-9-22(10-8-21)26(3,24)25/h5-6,11H,4,7-10,12H2,1-3H3,(H,18,23). The van der Waals surface area contributed by atoms with E-state index in [2.05, 4.69) is 10.2 Å². The van der Waals surface area contributed by atoms with E-state index < -0.39 is 10.0 Å². The molecule has 0 saturated carbocycles. The second-order valence-corrected chi connectivity index (χ2v) is 8.61. The predicted molar refractivity (Wildman–Crippen MR) is 101 cm³/mol. The molecule has 9 heteroatoms. The molecular formula is C17H25N5O3S. The molecule has 2 aromatic rings. The van der Waals surface area contributed by atoms with Crippen molar-refractivity contribution in [1.29, 1.82) is 0 Å². The Hall–Kier alpha value is -1.97. The van der Waals surface area contributed by atoms with Gasteiger partial charge in [0.25, 0.3) is 0 Å². The predicted octanol–water partition coefficient (Wildman–Crippen LogP) is 0.999. The van der Waals surface area contributed by atoms with Crippen LogP contribution in [0.3, 0.4) is 0 Å². The molecule has 1 fully saturated rings. The van der Waals surface area contributed by atoms with Crippen molar-refractivity contribution in [2.75, 3.05) is 37.8 Å². The number of fused-ring (bicyclic) bond motifs is 1. The summed E-state index contributed by atoms with van der Waals surface area (Å²) in [5, 5.41) is 2.85. The van der Waals surface area contributed by atoms with Gasteiger partial charge in [0.1, 0.15) is 5.82 Å². The monoisotopic (exact) mass is 379 g/mol. The molecule has 0 spiro atoms. The minimum Gasteiger partial charge on any atom is -0.330 e. The number of hydrogen-bond acceptors (Lipinski definition) is 5. The maximum absolute atomic E-state index is 11.6. The molecule has 142 valence electrons. The number of aryl methyl sites for hydroxylation is 1. The normalized spacial score (nSPS) is 16.9. The van der Waals surface area contributed by atoms with E-state index in [1.165, 1.54) is 10.6 Å². The fraction of sp³-hybridized carbons (Fsp3) is 0.529.